The SMILES string of the molecule is CC(C)NCC(=Cc1ccc(C(F)(F)F)cc1)C(C)C. The van der Waals surface area contributed by atoms with Crippen LogP contribution in [-0.4, -0.2) is 12.6 Å². The Morgan fingerprint density at radius 2 is 1.65 bits per heavy atom. The fourth-order valence-corrected chi connectivity index (χ4v) is 1.73. The van der Waals surface area contributed by atoms with Gasteiger partial charge in [0.05, 0.1) is 5.56 Å². The fourth-order valence-electron chi connectivity index (χ4n) is 1.73. The summed E-state index contributed by atoms with van der Waals surface area (Å²) in [5, 5.41) is 3.33. The number of hydrogen-bond donors (Lipinski definition) is 1. The van der Waals surface area contributed by atoms with Gasteiger partial charge in [-0.05, 0) is 23.6 Å². The van der Waals surface area contributed by atoms with Crippen molar-refractivity contribution in [2.24, 2.45) is 5.92 Å². The van der Waals surface area contributed by atoms with Crippen molar-refractivity contribution in [1.29, 1.82) is 0 Å². The number of hydrogen-bond acceptors (Lipinski definition) is 1. The number of halogens is 3. The lowest BCUT2D eigenvalue weighted by atomic mass is 9.99. The first-order valence-electron chi connectivity index (χ1n) is 6.81. The van der Waals surface area contributed by atoms with Crippen molar-refractivity contribution in [3.05, 3.63) is 41.0 Å². The minimum Gasteiger partial charge on any atom is -0.311 e. The third-order valence-electron chi connectivity index (χ3n) is 3.05. The Bertz CT molecular complexity index is 442. The minimum atomic E-state index is -4.28. The Kier molecular flexibility index (Phi) is 5.81. The summed E-state index contributed by atoms with van der Waals surface area (Å²) >= 11 is 0. The monoisotopic (exact) mass is 285 g/mol. The van der Waals surface area contributed by atoms with E-state index in [0.717, 1.165) is 24.2 Å². The molecule has 0 saturated heterocycles. The van der Waals surface area contributed by atoms with Gasteiger partial charge in [0.2, 0.25) is 0 Å². The third-order valence-corrected chi connectivity index (χ3v) is 3.05. The Labute approximate surface area is 118 Å². The van der Waals surface area contributed by atoms with Crippen LogP contribution in [-0.2, 0) is 6.18 Å². The van der Waals surface area contributed by atoms with E-state index in [1.54, 1.807) is 0 Å². The van der Waals surface area contributed by atoms with Crippen LogP contribution in [0.1, 0.15) is 38.8 Å². The summed E-state index contributed by atoms with van der Waals surface area (Å²) in [5.41, 5.74) is 1.37. The summed E-state index contributed by atoms with van der Waals surface area (Å²) in [6.07, 6.45) is -2.32. The normalized spacial score (nSPS) is 13.3. The molecular formula is C16H22F3N. The molecule has 1 aromatic rings. The van der Waals surface area contributed by atoms with Gasteiger partial charge in [-0.2, -0.15) is 13.2 Å². The van der Waals surface area contributed by atoms with Crippen LogP contribution >= 0.6 is 0 Å². The molecule has 1 N–H and O–H groups in total. The number of nitrogens with one attached hydrogen (secondary N) is 1. The Morgan fingerprint density at radius 3 is 2.05 bits per heavy atom. The highest BCUT2D eigenvalue weighted by Gasteiger charge is 2.29. The number of benzene rings is 1. The molecule has 4 heteroatoms. The maximum atomic E-state index is 12.5. The van der Waals surface area contributed by atoms with Crippen molar-refractivity contribution >= 4 is 6.08 Å². The largest absolute Gasteiger partial charge is 0.416 e. The van der Waals surface area contributed by atoms with Gasteiger partial charge in [0.15, 0.2) is 0 Å². The van der Waals surface area contributed by atoms with Crippen molar-refractivity contribution in [1.82, 2.24) is 5.32 Å². The molecule has 20 heavy (non-hydrogen) atoms. The van der Waals surface area contributed by atoms with E-state index in [1.807, 2.05) is 6.08 Å². The van der Waals surface area contributed by atoms with Gasteiger partial charge in [0.25, 0.3) is 0 Å². The molecule has 0 atom stereocenters. The van der Waals surface area contributed by atoms with Crippen LogP contribution in [0.5, 0.6) is 0 Å². The zero-order valence-electron chi connectivity index (χ0n) is 12.4. The van der Waals surface area contributed by atoms with E-state index in [-0.39, 0.29) is 0 Å². The summed E-state index contributed by atoms with van der Waals surface area (Å²) in [6.45, 7) is 9.04. The summed E-state index contributed by atoms with van der Waals surface area (Å²) in [7, 11) is 0. The maximum absolute atomic E-state index is 12.5. The third kappa shape index (κ3) is 5.37. The maximum Gasteiger partial charge on any atom is 0.416 e. The first-order valence-corrected chi connectivity index (χ1v) is 6.81. The van der Waals surface area contributed by atoms with Gasteiger partial charge in [-0.15, -0.1) is 0 Å². The van der Waals surface area contributed by atoms with E-state index in [4.69, 9.17) is 0 Å². The molecular weight excluding hydrogens is 263 g/mol. The Balaban J connectivity index is 2.89. The van der Waals surface area contributed by atoms with Crippen LogP contribution in [0.2, 0.25) is 0 Å². The van der Waals surface area contributed by atoms with Crippen LogP contribution in [0.3, 0.4) is 0 Å². The lowest BCUT2D eigenvalue weighted by molar-refractivity contribution is -0.137. The average Bonchev–Trinajstić information content (AvgIpc) is 2.33. The van der Waals surface area contributed by atoms with E-state index in [9.17, 15) is 13.2 Å². The van der Waals surface area contributed by atoms with Crippen molar-refractivity contribution in [3.8, 4) is 0 Å². The highest BCUT2D eigenvalue weighted by atomic mass is 19.4. The van der Waals surface area contributed by atoms with Gasteiger partial charge >= 0.3 is 6.18 Å². The van der Waals surface area contributed by atoms with Crippen molar-refractivity contribution in [2.75, 3.05) is 6.54 Å². The van der Waals surface area contributed by atoms with Crippen molar-refractivity contribution in [3.63, 3.8) is 0 Å². The lowest BCUT2D eigenvalue weighted by Gasteiger charge is -2.15. The standard InChI is InChI=1S/C16H22F3N/c1-11(2)14(10-20-12(3)4)9-13-5-7-15(8-6-13)16(17,18)19/h5-9,11-12,20H,10H2,1-4H3. The molecule has 0 saturated carbocycles. The van der Waals surface area contributed by atoms with Gasteiger partial charge in [-0.1, -0.05) is 51.5 Å². The molecule has 112 valence electrons. The number of rotatable bonds is 5. The molecule has 0 heterocycles. The van der Waals surface area contributed by atoms with Crippen LogP contribution < -0.4 is 5.32 Å². The second kappa shape index (κ2) is 6.93. The summed E-state index contributed by atoms with van der Waals surface area (Å²) < 4.78 is 37.5. The lowest BCUT2D eigenvalue weighted by Crippen LogP contribution is -2.26. The Hall–Kier alpha value is -1.29. The highest BCUT2D eigenvalue weighted by molar-refractivity contribution is 5.54. The molecule has 0 radical (unpaired) electrons. The van der Waals surface area contributed by atoms with Crippen molar-refractivity contribution in [2.45, 2.75) is 39.9 Å². The second-order valence-corrected chi connectivity index (χ2v) is 5.53. The number of alkyl halides is 3. The fraction of sp³-hybridized carbons (Fsp3) is 0.500. The van der Waals surface area contributed by atoms with E-state index >= 15 is 0 Å². The quantitative estimate of drug-likeness (QED) is 0.823. The summed E-state index contributed by atoms with van der Waals surface area (Å²) in [5.74, 6) is 0.351. The predicted octanol–water partition coefficient (Wildman–Crippen LogP) is 4.74. The van der Waals surface area contributed by atoms with Crippen LogP contribution in [0.15, 0.2) is 29.8 Å². The first-order chi connectivity index (χ1) is 9.20. The molecule has 0 spiro atoms. The molecule has 0 aromatic heterocycles. The Morgan fingerprint density at radius 1 is 1.10 bits per heavy atom. The zero-order valence-corrected chi connectivity index (χ0v) is 12.4. The molecule has 1 rings (SSSR count). The molecule has 0 aliphatic rings. The molecule has 0 fully saturated rings. The van der Waals surface area contributed by atoms with E-state index in [1.165, 1.54) is 17.7 Å². The van der Waals surface area contributed by atoms with E-state index < -0.39 is 11.7 Å². The summed E-state index contributed by atoms with van der Waals surface area (Å²) in [6, 6.07) is 5.66. The molecule has 0 amide bonds. The van der Waals surface area contributed by atoms with E-state index in [0.29, 0.717) is 12.0 Å². The van der Waals surface area contributed by atoms with Gasteiger partial charge in [-0.3, -0.25) is 0 Å². The molecule has 0 bridgehead atoms. The van der Waals surface area contributed by atoms with Gasteiger partial charge < -0.3 is 5.32 Å². The van der Waals surface area contributed by atoms with Gasteiger partial charge in [-0.25, -0.2) is 0 Å². The summed E-state index contributed by atoms with van der Waals surface area (Å²) in [4.78, 5) is 0. The highest BCUT2D eigenvalue weighted by Crippen LogP contribution is 2.29. The van der Waals surface area contributed by atoms with E-state index in [2.05, 4.69) is 33.0 Å². The molecule has 1 nitrogen and oxygen atoms in total. The second-order valence-electron chi connectivity index (χ2n) is 5.53. The topological polar surface area (TPSA) is 12.0 Å². The average molecular weight is 285 g/mol. The van der Waals surface area contributed by atoms with Gasteiger partial charge in [0.1, 0.15) is 0 Å². The van der Waals surface area contributed by atoms with Crippen LogP contribution in [0, 0.1) is 5.92 Å². The van der Waals surface area contributed by atoms with Crippen molar-refractivity contribution < 1.29 is 13.2 Å². The van der Waals surface area contributed by atoms with Gasteiger partial charge in [0, 0.05) is 12.6 Å². The minimum absolute atomic E-state index is 0.351. The van der Waals surface area contributed by atoms with Crippen LogP contribution in [0.25, 0.3) is 6.08 Å². The zero-order chi connectivity index (χ0) is 15.3. The molecule has 0 aliphatic heterocycles. The predicted molar refractivity (Wildman–Crippen MR) is 77.4 cm³/mol. The molecule has 1 aromatic carbocycles. The molecule has 0 unspecified atom stereocenters. The molecule has 0 aliphatic carbocycles. The van der Waals surface area contributed by atoms with Crippen LogP contribution in [0.4, 0.5) is 13.2 Å². The smallest absolute Gasteiger partial charge is 0.311 e. The first kappa shape index (κ1) is 16.8.